The number of hydrogen-bond acceptors (Lipinski definition) is 7. The van der Waals surface area contributed by atoms with E-state index in [-0.39, 0.29) is 5.82 Å². The zero-order chi connectivity index (χ0) is 12.5. The van der Waals surface area contributed by atoms with Crippen LogP contribution in [0.25, 0.3) is 0 Å². The molecule has 1 aromatic carbocycles. The Balaban J connectivity index is 1.84. The van der Waals surface area contributed by atoms with Gasteiger partial charge >= 0.3 is 11.9 Å². The number of H-pyrrole nitrogens is 1. The Morgan fingerprint density at radius 2 is 2.22 bits per heavy atom. The predicted molar refractivity (Wildman–Crippen MR) is 54.2 cm³/mol. The third kappa shape index (κ3) is 1.59. The Hall–Kier alpha value is -2.77. The Labute approximate surface area is 99.9 Å². The molecule has 1 unspecified atom stereocenters. The molecule has 2 aromatic rings. The van der Waals surface area contributed by atoms with Gasteiger partial charge in [-0.2, -0.15) is 5.21 Å². The summed E-state index contributed by atoms with van der Waals surface area (Å²) >= 11 is 0. The van der Waals surface area contributed by atoms with Gasteiger partial charge in [0.05, 0.1) is 5.56 Å². The summed E-state index contributed by atoms with van der Waals surface area (Å²) in [4.78, 5) is 23.1. The summed E-state index contributed by atoms with van der Waals surface area (Å²) in [7, 11) is 0. The highest BCUT2D eigenvalue weighted by molar-refractivity contribution is 5.94. The molecule has 1 aromatic heterocycles. The molecule has 3 rings (SSSR count). The van der Waals surface area contributed by atoms with Gasteiger partial charge in [0.1, 0.15) is 0 Å². The van der Waals surface area contributed by atoms with Crippen LogP contribution >= 0.6 is 0 Å². The summed E-state index contributed by atoms with van der Waals surface area (Å²) in [6.45, 7) is 0. The molecule has 0 fully saturated rings. The highest BCUT2D eigenvalue weighted by Gasteiger charge is 2.34. The van der Waals surface area contributed by atoms with Crippen molar-refractivity contribution in [3.05, 3.63) is 41.2 Å². The number of fused-ring (bicyclic) bond motifs is 1. The maximum Gasteiger partial charge on any atom is 0.383 e. The lowest BCUT2D eigenvalue weighted by molar-refractivity contribution is -0.0730. The van der Waals surface area contributed by atoms with E-state index in [0.29, 0.717) is 11.1 Å². The predicted octanol–water partition coefficient (Wildman–Crippen LogP) is 0.226. The topological polar surface area (TPSA) is 107 Å². The molecule has 0 spiro atoms. The van der Waals surface area contributed by atoms with E-state index in [1.54, 1.807) is 24.3 Å². The van der Waals surface area contributed by atoms with Gasteiger partial charge in [-0.3, -0.25) is 0 Å². The molecule has 0 saturated carbocycles. The van der Waals surface area contributed by atoms with Gasteiger partial charge in [0.15, 0.2) is 0 Å². The van der Waals surface area contributed by atoms with E-state index in [0.717, 1.165) is 0 Å². The van der Waals surface area contributed by atoms with E-state index in [2.05, 4.69) is 20.6 Å². The Kier molecular flexibility index (Phi) is 2.26. The van der Waals surface area contributed by atoms with Crippen molar-refractivity contribution in [3.63, 3.8) is 0 Å². The zero-order valence-corrected chi connectivity index (χ0v) is 8.86. The van der Waals surface area contributed by atoms with Gasteiger partial charge in [0.25, 0.3) is 12.1 Å². The molecule has 0 saturated heterocycles. The number of carbonyl (C=O) groups excluding carboxylic acids is 2. The minimum absolute atomic E-state index is 0.226. The summed E-state index contributed by atoms with van der Waals surface area (Å²) in [5.41, 5.74) is 0.878. The van der Waals surface area contributed by atoms with Crippen LogP contribution in [0.2, 0.25) is 0 Å². The minimum Gasteiger partial charge on any atom is -0.417 e. The maximum absolute atomic E-state index is 11.6. The second-order valence-corrected chi connectivity index (χ2v) is 3.47. The summed E-state index contributed by atoms with van der Waals surface area (Å²) in [6.07, 6.45) is -1.07. The van der Waals surface area contributed by atoms with Crippen molar-refractivity contribution in [2.45, 2.75) is 6.29 Å². The van der Waals surface area contributed by atoms with Gasteiger partial charge in [0, 0.05) is 5.56 Å². The number of ether oxygens (including phenoxy) is 2. The average molecular weight is 246 g/mol. The summed E-state index contributed by atoms with van der Waals surface area (Å²) in [5, 5.41) is 12.3. The molecular weight excluding hydrogens is 240 g/mol. The van der Waals surface area contributed by atoms with Crippen LogP contribution < -0.4 is 0 Å². The molecule has 1 N–H and O–H groups in total. The Morgan fingerprint density at radius 1 is 1.39 bits per heavy atom. The van der Waals surface area contributed by atoms with Crippen molar-refractivity contribution in [1.29, 1.82) is 0 Å². The van der Waals surface area contributed by atoms with Crippen LogP contribution in [0.1, 0.15) is 32.8 Å². The van der Waals surface area contributed by atoms with Crippen molar-refractivity contribution in [2.24, 2.45) is 0 Å². The van der Waals surface area contributed by atoms with Crippen molar-refractivity contribution < 1.29 is 19.1 Å². The van der Waals surface area contributed by atoms with Crippen LogP contribution in [0.15, 0.2) is 24.3 Å². The van der Waals surface area contributed by atoms with Crippen LogP contribution in [0, 0.1) is 0 Å². The summed E-state index contributed by atoms with van der Waals surface area (Å²) in [6, 6.07) is 6.66. The van der Waals surface area contributed by atoms with Crippen LogP contribution in [0.5, 0.6) is 0 Å². The van der Waals surface area contributed by atoms with Crippen LogP contribution in [-0.4, -0.2) is 32.6 Å². The van der Waals surface area contributed by atoms with E-state index in [4.69, 9.17) is 9.47 Å². The van der Waals surface area contributed by atoms with Gasteiger partial charge in [-0.25, -0.2) is 9.59 Å². The SMILES string of the molecule is O=C(OC1OC(=O)c2ccccc21)c1nn[nH]n1. The van der Waals surface area contributed by atoms with Gasteiger partial charge < -0.3 is 9.47 Å². The van der Waals surface area contributed by atoms with E-state index < -0.39 is 18.2 Å². The molecule has 90 valence electrons. The molecular formula is C10H6N4O4. The number of aromatic amines is 1. The van der Waals surface area contributed by atoms with Crippen molar-refractivity contribution in [3.8, 4) is 0 Å². The van der Waals surface area contributed by atoms with Gasteiger partial charge in [0.2, 0.25) is 0 Å². The number of nitrogens with zero attached hydrogens (tertiary/aromatic N) is 3. The molecule has 8 nitrogen and oxygen atoms in total. The normalized spacial score (nSPS) is 17.1. The lowest BCUT2D eigenvalue weighted by Crippen LogP contribution is -2.13. The molecule has 2 heterocycles. The van der Waals surface area contributed by atoms with E-state index in [1.165, 1.54) is 0 Å². The first-order valence-electron chi connectivity index (χ1n) is 5.00. The lowest BCUT2D eigenvalue weighted by Gasteiger charge is -2.09. The van der Waals surface area contributed by atoms with E-state index >= 15 is 0 Å². The maximum atomic E-state index is 11.6. The number of benzene rings is 1. The van der Waals surface area contributed by atoms with E-state index in [1.807, 2.05) is 0 Å². The third-order valence-corrected chi connectivity index (χ3v) is 2.39. The number of tetrazole rings is 1. The number of aromatic nitrogens is 4. The highest BCUT2D eigenvalue weighted by atomic mass is 16.7. The van der Waals surface area contributed by atoms with Gasteiger partial charge in [-0.1, -0.05) is 18.2 Å². The number of rotatable bonds is 2. The first-order chi connectivity index (χ1) is 8.75. The summed E-state index contributed by atoms with van der Waals surface area (Å²) < 4.78 is 9.92. The number of carbonyl (C=O) groups is 2. The fraction of sp³-hybridized carbons (Fsp3) is 0.100. The number of hydrogen-bond donors (Lipinski definition) is 1. The largest absolute Gasteiger partial charge is 0.417 e. The molecule has 1 aliphatic rings. The fourth-order valence-electron chi connectivity index (χ4n) is 1.60. The second kappa shape index (κ2) is 3.91. The van der Waals surface area contributed by atoms with Gasteiger partial charge in [-0.05, 0) is 11.3 Å². The van der Waals surface area contributed by atoms with Crippen LogP contribution in [0.4, 0.5) is 0 Å². The monoisotopic (exact) mass is 246 g/mol. The molecule has 0 radical (unpaired) electrons. The molecule has 0 aliphatic carbocycles. The van der Waals surface area contributed by atoms with Crippen molar-refractivity contribution in [1.82, 2.24) is 20.6 Å². The van der Waals surface area contributed by atoms with Crippen LogP contribution in [0.3, 0.4) is 0 Å². The molecule has 1 atom stereocenters. The molecule has 18 heavy (non-hydrogen) atoms. The molecule has 1 aliphatic heterocycles. The number of nitrogens with one attached hydrogen (secondary N) is 1. The minimum atomic E-state index is -1.07. The van der Waals surface area contributed by atoms with Crippen molar-refractivity contribution >= 4 is 11.9 Å². The zero-order valence-electron chi connectivity index (χ0n) is 8.86. The average Bonchev–Trinajstić information content (AvgIpc) is 3.00. The lowest BCUT2D eigenvalue weighted by atomic mass is 10.1. The quantitative estimate of drug-likeness (QED) is 0.755. The summed E-state index contributed by atoms with van der Waals surface area (Å²) in [5.74, 6) is -1.58. The Bertz CT molecular complexity index is 610. The first-order valence-corrected chi connectivity index (χ1v) is 5.00. The van der Waals surface area contributed by atoms with Gasteiger partial charge in [-0.15, -0.1) is 10.2 Å². The number of esters is 2. The first kappa shape index (κ1) is 10.4. The van der Waals surface area contributed by atoms with Crippen molar-refractivity contribution in [2.75, 3.05) is 0 Å². The third-order valence-electron chi connectivity index (χ3n) is 2.39. The Morgan fingerprint density at radius 3 is 3.00 bits per heavy atom. The smallest absolute Gasteiger partial charge is 0.383 e. The molecule has 0 bridgehead atoms. The standard InChI is InChI=1S/C10H6N4O4/c15-8-5-3-1-2-4-6(5)10(17-8)18-9(16)7-11-13-14-12-7/h1-4,10H,(H,11,12,13,14). The number of cyclic esters (lactones) is 1. The fourth-order valence-corrected chi connectivity index (χ4v) is 1.60. The highest BCUT2D eigenvalue weighted by Crippen LogP contribution is 2.31. The molecule has 0 amide bonds. The molecule has 8 heteroatoms. The van der Waals surface area contributed by atoms with Crippen LogP contribution in [-0.2, 0) is 9.47 Å². The second-order valence-electron chi connectivity index (χ2n) is 3.47. The van der Waals surface area contributed by atoms with E-state index in [9.17, 15) is 9.59 Å².